The molecular formula is C54H36N2O2Si. The molecule has 0 radical (unpaired) electrons. The van der Waals surface area contributed by atoms with Gasteiger partial charge in [0.05, 0.1) is 0 Å². The third-order valence-corrected chi connectivity index (χ3v) is 16.4. The summed E-state index contributed by atoms with van der Waals surface area (Å²) in [4.78, 5) is 10.3. The molecule has 0 saturated carbocycles. The number of nitrogens with zero attached hydrogens (tertiary/aromatic N) is 2. The summed E-state index contributed by atoms with van der Waals surface area (Å²) in [6, 6.07) is 77.5. The van der Waals surface area contributed by atoms with Crippen molar-refractivity contribution in [1.82, 2.24) is 9.97 Å². The Morgan fingerprint density at radius 3 is 1.02 bits per heavy atom. The van der Waals surface area contributed by atoms with E-state index < -0.39 is 8.07 Å². The molecule has 0 fully saturated rings. The molecule has 59 heavy (non-hydrogen) atoms. The first kappa shape index (κ1) is 34.6. The molecule has 5 heteroatoms. The van der Waals surface area contributed by atoms with Gasteiger partial charge in [-0.25, -0.2) is 9.97 Å². The van der Waals surface area contributed by atoms with E-state index in [4.69, 9.17) is 18.8 Å². The Labute approximate surface area is 343 Å². The Balaban J connectivity index is 1.36. The molecule has 0 atom stereocenters. The number of oxazole rings is 2. The molecular weight excluding hydrogens is 737 g/mol. The van der Waals surface area contributed by atoms with Gasteiger partial charge < -0.3 is 8.83 Å². The first-order valence-electron chi connectivity index (χ1n) is 19.9. The molecule has 0 bridgehead atoms. The Morgan fingerprint density at radius 2 is 0.627 bits per heavy atom. The van der Waals surface area contributed by atoms with E-state index in [2.05, 4.69) is 170 Å². The third kappa shape index (κ3) is 5.66. The van der Waals surface area contributed by atoms with Gasteiger partial charge in [-0.05, 0) is 90.6 Å². The van der Waals surface area contributed by atoms with Gasteiger partial charge in [0.15, 0.2) is 19.2 Å². The minimum absolute atomic E-state index is 0.590. The van der Waals surface area contributed by atoms with Gasteiger partial charge in [0.25, 0.3) is 0 Å². The quantitative estimate of drug-likeness (QED) is 0.144. The van der Waals surface area contributed by atoms with Gasteiger partial charge in [-0.2, -0.15) is 0 Å². The SMILES string of the molecule is c1ccc(C2=C(c3ccccc3-c3nc4ccccc4o3)[Si](c3ccccc3)(c3ccccc3)C(c3ccccc3-c3nc4ccccc4o3)=C2c2ccccc2)cc1. The molecule has 4 nitrogen and oxygen atoms in total. The lowest BCUT2D eigenvalue weighted by Crippen LogP contribution is -2.59. The normalized spacial score (nSPS) is 13.8. The molecule has 2 aromatic heterocycles. The van der Waals surface area contributed by atoms with Crippen molar-refractivity contribution in [2.24, 2.45) is 0 Å². The molecule has 10 aromatic rings. The van der Waals surface area contributed by atoms with Crippen molar-refractivity contribution in [1.29, 1.82) is 0 Å². The Hall–Kier alpha value is -7.60. The predicted octanol–water partition coefficient (Wildman–Crippen LogP) is 12.2. The molecule has 3 heterocycles. The van der Waals surface area contributed by atoms with Crippen LogP contribution in [0.4, 0.5) is 0 Å². The van der Waals surface area contributed by atoms with Gasteiger partial charge in [0.2, 0.25) is 11.8 Å². The zero-order valence-electron chi connectivity index (χ0n) is 32.0. The van der Waals surface area contributed by atoms with Crippen molar-refractivity contribution in [3.05, 3.63) is 241 Å². The fourth-order valence-corrected chi connectivity index (χ4v) is 14.7. The molecule has 1 aliphatic heterocycles. The summed E-state index contributed by atoms with van der Waals surface area (Å²) in [6.07, 6.45) is 0. The van der Waals surface area contributed by atoms with Gasteiger partial charge in [0.1, 0.15) is 11.0 Å². The maximum Gasteiger partial charge on any atom is 0.227 e. The Morgan fingerprint density at radius 1 is 0.305 bits per heavy atom. The zero-order valence-corrected chi connectivity index (χ0v) is 33.0. The second-order valence-electron chi connectivity index (χ2n) is 14.8. The van der Waals surface area contributed by atoms with Crippen molar-refractivity contribution in [3.8, 4) is 22.9 Å². The second-order valence-corrected chi connectivity index (χ2v) is 18.4. The molecule has 0 saturated heterocycles. The molecule has 0 amide bonds. The van der Waals surface area contributed by atoms with Crippen LogP contribution in [0.25, 0.3) is 66.6 Å². The average molecular weight is 773 g/mol. The highest BCUT2D eigenvalue weighted by atomic mass is 28.3. The predicted molar refractivity (Wildman–Crippen MR) is 243 cm³/mol. The minimum Gasteiger partial charge on any atom is -0.436 e. The van der Waals surface area contributed by atoms with Crippen molar-refractivity contribution in [3.63, 3.8) is 0 Å². The van der Waals surface area contributed by atoms with Crippen molar-refractivity contribution < 1.29 is 8.83 Å². The first-order chi connectivity index (χ1) is 29.3. The van der Waals surface area contributed by atoms with Crippen LogP contribution >= 0.6 is 0 Å². The maximum absolute atomic E-state index is 6.65. The first-order valence-corrected chi connectivity index (χ1v) is 21.9. The largest absolute Gasteiger partial charge is 0.436 e. The highest BCUT2D eigenvalue weighted by Crippen LogP contribution is 2.57. The lowest BCUT2D eigenvalue weighted by molar-refractivity contribution is 0.619. The topological polar surface area (TPSA) is 52.1 Å². The number of para-hydroxylation sites is 4. The van der Waals surface area contributed by atoms with Gasteiger partial charge in [-0.3, -0.25) is 0 Å². The molecule has 0 N–H and O–H groups in total. The van der Waals surface area contributed by atoms with E-state index >= 15 is 0 Å². The van der Waals surface area contributed by atoms with Crippen LogP contribution < -0.4 is 10.4 Å². The smallest absolute Gasteiger partial charge is 0.227 e. The van der Waals surface area contributed by atoms with Crippen LogP contribution in [0.2, 0.25) is 0 Å². The summed E-state index contributed by atoms with van der Waals surface area (Å²) in [5.74, 6) is 1.18. The summed E-state index contributed by atoms with van der Waals surface area (Å²) >= 11 is 0. The fraction of sp³-hybridized carbons (Fsp3) is 0. The zero-order chi connectivity index (χ0) is 39.2. The summed E-state index contributed by atoms with van der Waals surface area (Å²) in [5, 5.41) is 5.05. The molecule has 0 unspecified atom stereocenters. The molecule has 1 aliphatic rings. The van der Waals surface area contributed by atoms with E-state index in [-0.39, 0.29) is 0 Å². The molecule has 0 spiro atoms. The van der Waals surface area contributed by atoms with Crippen LogP contribution in [0.5, 0.6) is 0 Å². The van der Waals surface area contributed by atoms with Gasteiger partial charge >= 0.3 is 0 Å². The minimum atomic E-state index is -3.40. The number of allylic oxidation sites excluding steroid dienone is 2. The standard InChI is InChI=1S/C54H36N2O2Si/c1-5-21-37(22-6-1)49-50(38-23-7-2-8-24-38)52(42-30-14-16-32-44(42)54-56-46-34-18-20-36-48(46)58-54)59(39-25-9-3-10-26-39,40-27-11-4-12-28-40)51(49)41-29-13-15-31-43(41)53-55-45-33-17-19-35-47(45)57-53/h1-36H. The summed E-state index contributed by atoms with van der Waals surface area (Å²) in [5.41, 5.74) is 11.8. The lowest BCUT2D eigenvalue weighted by atomic mass is 9.88. The summed E-state index contributed by atoms with van der Waals surface area (Å²) in [6.45, 7) is 0. The Bertz CT molecular complexity index is 2920. The van der Waals surface area contributed by atoms with Crippen LogP contribution in [-0.2, 0) is 0 Å². The average Bonchev–Trinajstić information content (AvgIpc) is 4.04. The number of fused-ring (bicyclic) bond motifs is 2. The molecule has 11 rings (SSSR count). The van der Waals surface area contributed by atoms with Crippen molar-refractivity contribution in [2.45, 2.75) is 0 Å². The van der Waals surface area contributed by atoms with Gasteiger partial charge in [0, 0.05) is 11.1 Å². The number of rotatable bonds is 8. The van der Waals surface area contributed by atoms with Crippen LogP contribution in [0.1, 0.15) is 22.3 Å². The maximum atomic E-state index is 6.65. The van der Waals surface area contributed by atoms with E-state index in [9.17, 15) is 0 Å². The van der Waals surface area contributed by atoms with E-state index in [0.29, 0.717) is 11.8 Å². The summed E-state index contributed by atoms with van der Waals surface area (Å²) < 4.78 is 13.3. The Kier molecular flexibility index (Phi) is 8.45. The van der Waals surface area contributed by atoms with Crippen LogP contribution in [0.3, 0.4) is 0 Å². The fourth-order valence-electron chi connectivity index (χ4n) is 9.08. The van der Waals surface area contributed by atoms with Crippen LogP contribution in [-0.4, -0.2) is 18.0 Å². The van der Waals surface area contributed by atoms with Crippen molar-refractivity contribution >= 4 is 62.2 Å². The van der Waals surface area contributed by atoms with Crippen LogP contribution in [0, 0.1) is 0 Å². The number of benzene rings is 8. The van der Waals surface area contributed by atoms with Crippen LogP contribution in [0.15, 0.2) is 227 Å². The number of hydrogen-bond donors (Lipinski definition) is 0. The van der Waals surface area contributed by atoms with E-state index in [1.54, 1.807) is 0 Å². The monoisotopic (exact) mass is 772 g/mol. The van der Waals surface area contributed by atoms with Gasteiger partial charge in [-0.15, -0.1) is 0 Å². The highest BCUT2D eigenvalue weighted by molar-refractivity contribution is 7.29. The molecule has 278 valence electrons. The lowest BCUT2D eigenvalue weighted by Gasteiger charge is -2.37. The van der Waals surface area contributed by atoms with Gasteiger partial charge in [-0.1, -0.05) is 182 Å². The number of hydrogen-bond acceptors (Lipinski definition) is 4. The van der Waals surface area contributed by atoms with E-state index in [1.165, 1.54) is 31.9 Å². The molecule has 8 aromatic carbocycles. The molecule has 0 aliphatic carbocycles. The summed E-state index contributed by atoms with van der Waals surface area (Å²) in [7, 11) is -3.40. The number of aromatic nitrogens is 2. The van der Waals surface area contributed by atoms with E-state index in [1.807, 2.05) is 48.5 Å². The highest BCUT2D eigenvalue weighted by Gasteiger charge is 2.54. The van der Waals surface area contributed by atoms with E-state index in [0.717, 1.165) is 55.6 Å². The van der Waals surface area contributed by atoms with Crippen molar-refractivity contribution in [2.75, 3.05) is 0 Å². The third-order valence-electron chi connectivity index (χ3n) is 11.5. The second kappa shape index (κ2) is 14.4.